The lowest BCUT2D eigenvalue weighted by Crippen LogP contribution is -2.08. The third-order valence-electron chi connectivity index (χ3n) is 2.24. The van der Waals surface area contributed by atoms with Gasteiger partial charge >= 0.3 is 6.18 Å². The topological polar surface area (TPSA) is 44.5 Å². The van der Waals surface area contributed by atoms with E-state index in [1.807, 2.05) is 0 Å². The van der Waals surface area contributed by atoms with Crippen molar-refractivity contribution >= 4 is 5.69 Å². The number of nitrogens with two attached hydrogens (primary N) is 1. The number of ether oxygens (including phenoxy) is 2. The highest BCUT2D eigenvalue weighted by atomic mass is 19.4. The van der Waals surface area contributed by atoms with Gasteiger partial charge in [0.15, 0.2) is 0 Å². The third-order valence-corrected chi connectivity index (χ3v) is 2.24. The SMILES string of the molecule is COc1cc(N)cc(COCCCC(F)(F)F)c1. The zero-order valence-corrected chi connectivity index (χ0v) is 10.1. The normalized spacial score (nSPS) is 11.6. The Kier molecular flexibility index (Phi) is 5.27. The van der Waals surface area contributed by atoms with Gasteiger partial charge in [-0.2, -0.15) is 13.2 Å². The molecule has 6 heteroatoms. The molecule has 0 aliphatic heterocycles. The van der Waals surface area contributed by atoms with Crippen LogP contribution < -0.4 is 10.5 Å². The number of hydrogen-bond donors (Lipinski definition) is 1. The minimum Gasteiger partial charge on any atom is -0.497 e. The molecule has 102 valence electrons. The summed E-state index contributed by atoms with van der Waals surface area (Å²) < 4.78 is 45.8. The van der Waals surface area contributed by atoms with Crippen molar-refractivity contribution in [2.75, 3.05) is 19.5 Å². The van der Waals surface area contributed by atoms with Crippen LogP contribution in [0, 0.1) is 0 Å². The van der Waals surface area contributed by atoms with E-state index >= 15 is 0 Å². The molecule has 1 rings (SSSR count). The Labute approximate surface area is 104 Å². The number of methoxy groups -OCH3 is 1. The predicted octanol–water partition coefficient (Wildman–Crippen LogP) is 3.14. The van der Waals surface area contributed by atoms with Crippen LogP contribution in [0.25, 0.3) is 0 Å². The molecule has 0 radical (unpaired) electrons. The minimum atomic E-state index is -4.12. The van der Waals surface area contributed by atoms with Crippen LogP contribution in [0.2, 0.25) is 0 Å². The number of rotatable bonds is 6. The molecular formula is C12H16F3NO2. The summed E-state index contributed by atoms with van der Waals surface area (Å²) in [6.45, 7) is 0.288. The Hall–Kier alpha value is -1.43. The second-order valence-corrected chi connectivity index (χ2v) is 3.89. The lowest BCUT2D eigenvalue weighted by molar-refractivity contribution is -0.138. The van der Waals surface area contributed by atoms with E-state index in [0.29, 0.717) is 11.4 Å². The van der Waals surface area contributed by atoms with E-state index in [2.05, 4.69) is 0 Å². The number of nitrogen functional groups attached to an aromatic ring is 1. The maximum absolute atomic E-state index is 11.9. The molecule has 18 heavy (non-hydrogen) atoms. The number of halogens is 3. The Morgan fingerprint density at radius 1 is 1.22 bits per heavy atom. The fourth-order valence-corrected chi connectivity index (χ4v) is 1.45. The van der Waals surface area contributed by atoms with Crippen molar-refractivity contribution in [2.24, 2.45) is 0 Å². The molecule has 0 amide bonds. The summed E-state index contributed by atoms with van der Waals surface area (Å²) in [6.07, 6.45) is -4.99. The van der Waals surface area contributed by atoms with Crippen molar-refractivity contribution in [1.29, 1.82) is 0 Å². The molecule has 0 fully saturated rings. The second-order valence-electron chi connectivity index (χ2n) is 3.89. The molecule has 0 atom stereocenters. The zero-order valence-electron chi connectivity index (χ0n) is 10.1. The van der Waals surface area contributed by atoms with Crippen LogP contribution in [-0.2, 0) is 11.3 Å². The molecule has 0 saturated heterocycles. The van der Waals surface area contributed by atoms with E-state index in [1.54, 1.807) is 18.2 Å². The molecule has 0 aromatic heterocycles. The molecule has 3 nitrogen and oxygen atoms in total. The van der Waals surface area contributed by atoms with Crippen LogP contribution in [0.1, 0.15) is 18.4 Å². The molecule has 1 aromatic carbocycles. The molecular weight excluding hydrogens is 247 g/mol. The van der Waals surface area contributed by atoms with E-state index in [1.165, 1.54) is 7.11 Å². The fourth-order valence-electron chi connectivity index (χ4n) is 1.45. The first-order chi connectivity index (χ1) is 8.40. The summed E-state index contributed by atoms with van der Waals surface area (Å²) in [5, 5.41) is 0. The van der Waals surface area contributed by atoms with Gasteiger partial charge in [-0.1, -0.05) is 0 Å². The van der Waals surface area contributed by atoms with Gasteiger partial charge in [0.2, 0.25) is 0 Å². The average molecular weight is 263 g/mol. The fraction of sp³-hybridized carbons (Fsp3) is 0.500. The minimum absolute atomic E-state index is 0.0387. The van der Waals surface area contributed by atoms with Gasteiger partial charge in [-0.3, -0.25) is 0 Å². The highest BCUT2D eigenvalue weighted by Gasteiger charge is 2.25. The summed E-state index contributed by atoms with van der Waals surface area (Å²) in [4.78, 5) is 0. The van der Waals surface area contributed by atoms with E-state index in [9.17, 15) is 13.2 Å². The van der Waals surface area contributed by atoms with Gasteiger partial charge < -0.3 is 15.2 Å². The van der Waals surface area contributed by atoms with Gasteiger partial charge in [0.05, 0.1) is 13.7 Å². The van der Waals surface area contributed by atoms with Crippen LogP contribution in [0.4, 0.5) is 18.9 Å². The predicted molar refractivity (Wildman–Crippen MR) is 62.4 cm³/mol. The third kappa shape index (κ3) is 5.77. The van der Waals surface area contributed by atoms with Gasteiger partial charge in [-0.05, 0) is 24.1 Å². The van der Waals surface area contributed by atoms with Crippen LogP contribution in [0.5, 0.6) is 5.75 Å². The Balaban J connectivity index is 2.33. The van der Waals surface area contributed by atoms with Crippen molar-refractivity contribution in [2.45, 2.75) is 25.6 Å². The smallest absolute Gasteiger partial charge is 0.389 e. The van der Waals surface area contributed by atoms with E-state index in [0.717, 1.165) is 5.56 Å². The highest BCUT2D eigenvalue weighted by Crippen LogP contribution is 2.22. The summed E-state index contributed by atoms with van der Waals surface area (Å²) >= 11 is 0. The summed E-state index contributed by atoms with van der Waals surface area (Å²) in [5.74, 6) is 0.601. The molecule has 0 bridgehead atoms. The maximum atomic E-state index is 11.9. The van der Waals surface area contributed by atoms with Gasteiger partial charge in [-0.25, -0.2) is 0 Å². The van der Waals surface area contributed by atoms with Crippen molar-refractivity contribution in [3.05, 3.63) is 23.8 Å². The first kappa shape index (κ1) is 14.6. The van der Waals surface area contributed by atoms with Crippen molar-refractivity contribution in [3.63, 3.8) is 0 Å². The van der Waals surface area contributed by atoms with E-state index in [-0.39, 0.29) is 19.6 Å². The number of benzene rings is 1. The summed E-state index contributed by atoms with van der Waals surface area (Å²) in [7, 11) is 1.52. The highest BCUT2D eigenvalue weighted by molar-refractivity contribution is 5.47. The van der Waals surface area contributed by atoms with E-state index in [4.69, 9.17) is 15.2 Å². The molecule has 0 heterocycles. The molecule has 0 aliphatic carbocycles. The first-order valence-electron chi connectivity index (χ1n) is 5.48. The lowest BCUT2D eigenvalue weighted by atomic mass is 10.2. The standard InChI is InChI=1S/C12H16F3NO2/c1-17-11-6-9(5-10(16)7-11)8-18-4-2-3-12(13,14)15/h5-7H,2-4,8,16H2,1H3. The molecule has 2 N–H and O–H groups in total. The molecule has 0 unspecified atom stereocenters. The number of alkyl halides is 3. The second kappa shape index (κ2) is 6.49. The van der Waals surface area contributed by atoms with Crippen molar-refractivity contribution in [1.82, 2.24) is 0 Å². The largest absolute Gasteiger partial charge is 0.497 e. The lowest BCUT2D eigenvalue weighted by Gasteiger charge is -2.09. The number of anilines is 1. The number of hydrogen-bond acceptors (Lipinski definition) is 3. The molecule has 0 aliphatic rings. The van der Waals surface area contributed by atoms with Crippen LogP contribution in [0.3, 0.4) is 0 Å². The molecule has 1 aromatic rings. The van der Waals surface area contributed by atoms with Crippen LogP contribution in [0.15, 0.2) is 18.2 Å². The van der Waals surface area contributed by atoms with Gasteiger partial charge in [0.25, 0.3) is 0 Å². The van der Waals surface area contributed by atoms with Crippen LogP contribution >= 0.6 is 0 Å². The molecule has 0 saturated carbocycles. The van der Waals surface area contributed by atoms with Crippen LogP contribution in [-0.4, -0.2) is 19.9 Å². The Morgan fingerprint density at radius 2 is 1.94 bits per heavy atom. The van der Waals surface area contributed by atoms with Gasteiger partial charge in [0.1, 0.15) is 5.75 Å². The van der Waals surface area contributed by atoms with Crippen molar-refractivity contribution in [3.8, 4) is 5.75 Å². The van der Waals surface area contributed by atoms with Gasteiger partial charge in [-0.15, -0.1) is 0 Å². The summed E-state index contributed by atoms with van der Waals surface area (Å²) in [6, 6.07) is 5.10. The summed E-state index contributed by atoms with van der Waals surface area (Å²) in [5.41, 5.74) is 6.95. The first-order valence-corrected chi connectivity index (χ1v) is 5.48. The quantitative estimate of drug-likeness (QED) is 0.633. The Morgan fingerprint density at radius 3 is 2.56 bits per heavy atom. The zero-order chi connectivity index (χ0) is 13.6. The van der Waals surface area contributed by atoms with Crippen molar-refractivity contribution < 1.29 is 22.6 Å². The maximum Gasteiger partial charge on any atom is 0.389 e. The average Bonchev–Trinajstić information content (AvgIpc) is 2.26. The monoisotopic (exact) mass is 263 g/mol. The molecule has 0 spiro atoms. The van der Waals surface area contributed by atoms with E-state index < -0.39 is 12.6 Å². The van der Waals surface area contributed by atoms with Gasteiger partial charge in [0, 0.05) is 24.8 Å². The Bertz CT molecular complexity index is 380.